The molecule has 2 heterocycles. The van der Waals surface area contributed by atoms with Gasteiger partial charge in [0.1, 0.15) is 5.75 Å². The number of aryl methyl sites for hydroxylation is 1. The van der Waals surface area contributed by atoms with Gasteiger partial charge in [0.15, 0.2) is 0 Å². The van der Waals surface area contributed by atoms with Crippen molar-refractivity contribution in [3.63, 3.8) is 0 Å². The molecule has 0 aliphatic carbocycles. The number of fused-ring (bicyclic) bond motifs is 1. The van der Waals surface area contributed by atoms with E-state index in [1.807, 2.05) is 24.4 Å². The number of pyridine rings is 1. The first kappa shape index (κ1) is 16.7. The number of benzene rings is 1. The van der Waals surface area contributed by atoms with Crippen molar-refractivity contribution in [2.75, 3.05) is 20.2 Å². The predicted octanol–water partition coefficient (Wildman–Crippen LogP) is 2.88. The van der Waals surface area contributed by atoms with Gasteiger partial charge < -0.3 is 15.2 Å². The zero-order chi connectivity index (χ0) is 16.9. The van der Waals surface area contributed by atoms with E-state index >= 15 is 0 Å². The van der Waals surface area contributed by atoms with Crippen LogP contribution < -0.4 is 10.1 Å². The fourth-order valence-corrected chi connectivity index (χ4v) is 3.63. The van der Waals surface area contributed by atoms with Crippen LogP contribution in [0.3, 0.4) is 0 Å². The molecule has 1 fully saturated rings. The van der Waals surface area contributed by atoms with Crippen molar-refractivity contribution in [3.8, 4) is 5.75 Å². The number of methoxy groups -OCH3 is 1. The third-order valence-electron chi connectivity index (χ3n) is 5.00. The summed E-state index contributed by atoms with van der Waals surface area (Å²) in [7, 11) is 1.67. The van der Waals surface area contributed by atoms with Gasteiger partial charge in [0.25, 0.3) is 0 Å². The van der Waals surface area contributed by atoms with E-state index in [4.69, 9.17) is 4.74 Å². The Hall–Kier alpha value is -2.14. The Morgan fingerprint density at radius 1 is 1.42 bits per heavy atom. The molecule has 0 amide bonds. The molecule has 24 heavy (non-hydrogen) atoms. The van der Waals surface area contributed by atoms with Crippen LogP contribution in [-0.4, -0.2) is 36.3 Å². The molecule has 5 heteroatoms. The predicted molar refractivity (Wildman–Crippen MR) is 93.3 cm³/mol. The maximum atomic E-state index is 11.4. The molecule has 2 N–H and O–H groups in total. The zero-order valence-electron chi connectivity index (χ0n) is 14.0. The van der Waals surface area contributed by atoms with E-state index in [2.05, 4.69) is 16.4 Å². The highest BCUT2D eigenvalue weighted by Crippen LogP contribution is 2.27. The maximum Gasteiger partial charge on any atom is 0.308 e. The molecular weight excluding hydrogens is 304 g/mol. The lowest BCUT2D eigenvalue weighted by atomic mass is 9.82. The normalized spacial score (nSPS) is 20.9. The van der Waals surface area contributed by atoms with Crippen molar-refractivity contribution < 1.29 is 14.6 Å². The summed E-state index contributed by atoms with van der Waals surface area (Å²) in [6.45, 7) is 1.51. The largest absolute Gasteiger partial charge is 0.497 e. The van der Waals surface area contributed by atoms with E-state index in [9.17, 15) is 9.90 Å². The Balaban J connectivity index is 1.68. The lowest BCUT2D eigenvalue weighted by Crippen LogP contribution is -2.40. The van der Waals surface area contributed by atoms with Crippen molar-refractivity contribution in [2.45, 2.75) is 25.7 Å². The summed E-state index contributed by atoms with van der Waals surface area (Å²) in [4.78, 5) is 15.8. The zero-order valence-corrected chi connectivity index (χ0v) is 14.0. The number of hydrogen-bond donors (Lipinski definition) is 2. The summed E-state index contributed by atoms with van der Waals surface area (Å²) in [5, 5.41) is 13.7. The average molecular weight is 328 g/mol. The fourth-order valence-electron chi connectivity index (χ4n) is 3.63. The Kier molecular flexibility index (Phi) is 5.30. The van der Waals surface area contributed by atoms with Gasteiger partial charge in [-0.1, -0.05) is 0 Å². The molecular formula is C19H24N2O3. The lowest BCUT2D eigenvalue weighted by Gasteiger charge is -2.29. The number of carboxylic acids is 1. The number of carbonyl (C=O) groups is 1. The van der Waals surface area contributed by atoms with Gasteiger partial charge in [0.05, 0.1) is 18.5 Å². The van der Waals surface area contributed by atoms with Gasteiger partial charge in [-0.25, -0.2) is 0 Å². The molecule has 1 saturated heterocycles. The first-order chi connectivity index (χ1) is 11.7. The second kappa shape index (κ2) is 7.62. The highest BCUT2D eigenvalue weighted by molar-refractivity contribution is 5.83. The maximum absolute atomic E-state index is 11.4. The van der Waals surface area contributed by atoms with Crippen molar-refractivity contribution >= 4 is 16.9 Å². The van der Waals surface area contributed by atoms with Crippen molar-refractivity contribution in [1.82, 2.24) is 10.3 Å². The molecule has 1 aromatic heterocycles. The quantitative estimate of drug-likeness (QED) is 0.853. The number of ether oxygens (including phenoxy) is 1. The molecule has 0 saturated carbocycles. The number of piperidine rings is 1. The number of hydrogen-bond acceptors (Lipinski definition) is 4. The van der Waals surface area contributed by atoms with Crippen LogP contribution in [0.25, 0.3) is 10.9 Å². The number of aromatic nitrogens is 1. The monoisotopic (exact) mass is 328 g/mol. The molecule has 128 valence electrons. The standard InChI is InChI=1S/C19H24N2O3/c1-24-15-5-6-18-16(11-15)13(8-10-21-18)3-2-4-14-7-9-20-12-17(14)19(22)23/h5-6,8,10-11,14,17,20H,2-4,7,9,12H2,1H3,(H,22,23)/t14-,17+/m1/s1. The number of nitrogens with one attached hydrogen (secondary N) is 1. The van der Waals surface area contributed by atoms with Gasteiger partial charge in [-0.15, -0.1) is 0 Å². The van der Waals surface area contributed by atoms with Crippen molar-refractivity contribution in [1.29, 1.82) is 0 Å². The highest BCUT2D eigenvalue weighted by atomic mass is 16.5. The molecule has 0 unspecified atom stereocenters. The molecule has 3 rings (SSSR count). The van der Waals surface area contributed by atoms with Crippen LogP contribution in [0.15, 0.2) is 30.5 Å². The van der Waals surface area contributed by atoms with Crippen LogP contribution in [0.2, 0.25) is 0 Å². The van der Waals surface area contributed by atoms with Crippen LogP contribution in [0.1, 0.15) is 24.8 Å². The van der Waals surface area contributed by atoms with Crippen LogP contribution in [0, 0.1) is 11.8 Å². The van der Waals surface area contributed by atoms with Crippen LogP contribution in [-0.2, 0) is 11.2 Å². The lowest BCUT2D eigenvalue weighted by molar-refractivity contribution is -0.144. The van der Waals surface area contributed by atoms with E-state index < -0.39 is 5.97 Å². The summed E-state index contributed by atoms with van der Waals surface area (Å²) < 4.78 is 5.32. The number of rotatable bonds is 6. The van der Waals surface area contributed by atoms with E-state index in [1.165, 1.54) is 5.56 Å². The molecule has 0 radical (unpaired) electrons. The van der Waals surface area contributed by atoms with E-state index in [0.717, 1.165) is 48.9 Å². The number of carboxylic acid groups (broad SMARTS) is 1. The Morgan fingerprint density at radius 3 is 3.08 bits per heavy atom. The van der Waals surface area contributed by atoms with Crippen molar-refractivity contribution in [2.24, 2.45) is 11.8 Å². The van der Waals surface area contributed by atoms with Gasteiger partial charge in [-0.2, -0.15) is 0 Å². The molecule has 0 bridgehead atoms. The van der Waals surface area contributed by atoms with Gasteiger partial charge in [0.2, 0.25) is 0 Å². The van der Waals surface area contributed by atoms with Gasteiger partial charge >= 0.3 is 5.97 Å². The Bertz CT molecular complexity index is 717. The number of nitrogens with zero attached hydrogens (tertiary/aromatic N) is 1. The molecule has 1 aliphatic rings. The summed E-state index contributed by atoms with van der Waals surface area (Å²) in [5.74, 6) is 0.173. The van der Waals surface area contributed by atoms with E-state index in [0.29, 0.717) is 6.54 Å². The average Bonchev–Trinajstić information content (AvgIpc) is 2.61. The summed E-state index contributed by atoms with van der Waals surface area (Å²) in [6, 6.07) is 7.98. The molecule has 0 spiro atoms. The molecule has 5 nitrogen and oxygen atoms in total. The SMILES string of the molecule is COc1ccc2nccc(CCC[C@@H]3CCNC[C@@H]3C(=O)O)c2c1. The Labute approximate surface area is 142 Å². The van der Waals surface area contributed by atoms with Gasteiger partial charge in [-0.05, 0) is 68.0 Å². The van der Waals surface area contributed by atoms with Crippen LogP contribution in [0.5, 0.6) is 5.75 Å². The molecule has 1 aliphatic heterocycles. The molecule has 1 aromatic carbocycles. The minimum absolute atomic E-state index is 0.256. The first-order valence-electron chi connectivity index (χ1n) is 8.54. The summed E-state index contributed by atoms with van der Waals surface area (Å²) in [5.41, 5.74) is 2.22. The van der Waals surface area contributed by atoms with Crippen molar-refractivity contribution in [3.05, 3.63) is 36.0 Å². The number of aliphatic carboxylic acids is 1. The second-order valence-electron chi connectivity index (χ2n) is 6.44. The van der Waals surface area contributed by atoms with E-state index in [-0.39, 0.29) is 11.8 Å². The third kappa shape index (κ3) is 3.67. The summed E-state index contributed by atoms with van der Waals surface area (Å²) >= 11 is 0. The van der Waals surface area contributed by atoms with Crippen LogP contribution >= 0.6 is 0 Å². The van der Waals surface area contributed by atoms with E-state index in [1.54, 1.807) is 7.11 Å². The van der Waals surface area contributed by atoms with Gasteiger partial charge in [0, 0.05) is 18.1 Å². The smallest absolute Gasteiger partial charge is 0.308 e. The third-order valence-corrected chi connectivity index (χ3v) is 5.00. The van der Waals surface area contributed by atoms with Gasteiger partial charge in [-0.3, -0.25) is 9.78 Å². The molecule has 2 aromatic rings. The fraction of sp³-hybridized carbons (Fsp3) is 0.474. The topological polar surface area (TPSA) is 71.5 Å². The summed E-state index contributed by atoms with van der Waals surface area (Å²) in [6.07, 6.45) is 5.66. The molecule has 2 atom stereocenters. The second-order valence-corrected chi connectivity index (χ2v) is 6.44. The first-order valence-corrected chi connectivity index (χ1v) is 8.54. The Morgan fingerprint density at radius 2 is 2.29 bits per heavy atom. The van der Waals surface area contributed by atoms with Crippen LogP contribution in [0.4, 0.5) is 0 Å². The minimum atomic E-state index is -0.675. The minimum Gasteiger partial charge on any atom is -0.497 e. The highest BCUT2D eigenvalue weighted by Gasteiger charge is 2.30.